The lowest BCUT2D eigenvalue weighted by atomic mass is 10.2. The molecule has 92 valence electrons. The zero-order valence-corrected chi connectivity index (χ0v) is 9.98. The number of ether oxygens (including phenoxy) is 2. The van der Waals surface area contributed by atoms with Gasteiger partial charge in [-0.1, -0.05) is 13.3 Å². The molecule has 0 aromatic carbocycles. The Balaban J connectivity index is 3.65. The Bertz CT molecular complexity index is 141. The number of hydrogen-bond acceptors (Lipinski definition) is 4. The van der Waals surface area contributed by atoms with Crippen LogP contribution in [0, 0.1) is 0 Å². The molecular formula is C11H24O4. The molecular weight excluding hydrogens is 196 g/mol. The molecule has 0 spiro atoms. The molecule has 0 heterocycles. The Morgan fingerprint density at radius 3 is 2.20 bits per heavy atom. The van der Waals surface area contributed by atoms with Crippen molar-refractivity contribution < 1.29 is 19.7 Å². The lowest BCUT2D eigenvalue weighted by Crippen LogP contribution is -2.28. The normalized spacial score (nSPS) is 17.4. The molecule has 3 atom stereocenters. The maximum Gasteiger partial charge on any atom is 0.0810 e. The van der Waals surface area contributed by atoms with E-state index in [1.807, 2.05) is 13.8 Å². The van der Waals surface area contributed by atoms with E-state index < -0.39 is 0 Å². The number of rotatable bonds is 9. The Hall–Kier alpha value is -0.160. The van der Waals surface area contributed by atoms with Crippen LogP contribution >= 0.6 is 0 Å². The fraction of sp³-hybridized carbons (Fsp3) is 1.00. The van der Waals surface area contributed by atoms with E-state index in [4.69, 9.17) is 19.7 Å². The molecule has 0 aliphatic rings. The van der Waals surface area contributed by atoms with Gasteiger partial charge < -0.3 is 19.7 Å². The minimum absolute atomic E-state index is 0.0190. The molecule has 0 aliphatic heterocycles. The molecule has 4 heteroatoms. The Labute approximate surface area is 92.2 Å². The van der Waals surface area contributed by atoms with Crippen LogP contribution in [0.5, 0.6) is 0 Å². The molecule has 15 heavy (non-hydrogen) atoms. The zero-order chi connectivity index (χ0) is 11.7. The third-order valence-corrected chi connectivity index (χ3v) is 2.11. The van der Waals surface area contributed by atoms with E-state index in [1.165, 1.54) is 0 Å². The van der Waals surface area contributed by atoms with Crippen LogP contribution in [-0.2, 0) is 9.47 Å². The van der Waals surface area contributed by atoms with Crippen LogP contribution in [0.1, 0.15) is 33.6 Å². The van der Waals surface area contributed by atoms with E-state index >= 15 is 0 Å². The first kappa shape index (κ1) is 14.8. The highest BCUT2D eigenvalue weighted by Crippen LogP contribution is 2.06. The molecule has 0 saturated heterocycles. The van der Waals surface area contributed by atoms with Gasteiger partial charge in [-0.2, -0.15) is 0 Å². The molecule has 0 amide bonds. The SMILES string of the molecule is CCCC(CO)OC(C)COC(C)CO. The van der Waals surface area contributed by atoms with Gasteiger partial charge in [0.2, 0.25) is 0 Å². The quantitative estimate of drug-likeness (QED) is 0.607. The summed E-state index contributed by atoms with van der Waals surface area (Å²) in [4.78, 5) is 0. The summed E-state index contributed by atoms with van der Waals surface area (Å²) in [6.45, 7) is 6.28. The van der Waals surface area contributed by atoms with Gasteiger partial charge in [0.05, 0.1) is 38.1 Å². The van der Waals surface area contributed by atoms with Crippen molar-refractivity contribution in [2.24, 2.45) is 0 Å². The molecule has 3 unspecified atom stereocenters. The smallest absolute Gasteiger partial charge is 0.0810 e. The minimum Gasteiger partial charge on any atom is -0.394 e. The summed E-state index contributed by atoms with van der Waals surface area (Å²) in [6.07, 6.45) is 1.54. The third kappa shape index (κ3) is 7.73. The lowest BCUT2D eigenvalue weighted by molar-refractivity contribution is -0.0864. The summed E-state index contributed by atoms with van der Waals surface area (Å²) >= 11 is 0. The minimum atomic E-state index is -0.158. The van der Waals surface area contributed by atoms with Gasteiger partial charge in [-0.05, 0) is 20.3 Å². The van der Waals surface area contributed by atoms with Crippen LogP contribution in [0.25, 0.3) is 0 Å². The maximum atomic E-state index is 9.02. The van der Waals surface area contributed by atoms with E-state index in [2.05, 4.69) is 6.92 Å². The van der Waals surface area contributed by atoms with Crippen LogP contribution in [-0.4, -0.2) is 48.3 Å². The van der Waals surface area contributed by atoms with Crippen LogP contribution < -0.4 is 0 Å². The monoisotopic (exact) mass is 220 g/mol. The second-order valence-electron chi connectivity index (χ2n) is 3.87. The Morgan fingerprint density at radius 2 is 1.73 bits per heavy atom. The summed E-state index contributed by atoms with van der Waals surface area (Å²) in [6, 6.07) is 0. The molecule has 0 fully saturated rings. The number of aliphatic hydroxyl groups excluding tert-OH is 2. The molecule has 0 rings (SSSR count). The molecule has 2 N–H and O–H groups in total. The predicted octanol–water partition coefficient (Wildman–Crippen LogP) is 0.950. The molecule has 0 bridgehead atoms. The first-order valence-electron chi connectivity index (χ1n) is 5.62. The van der Waals surface area contributed by atoms with E-state index in [-0.39, 0.29) is 31.5 Å². The lowest BCUT2D eigenvalue weighted by Gasteiger charge is -2.21. The van der Waals surface area contributed by atoms with Crippen LogP contribution in [0.4, 0.5) is 0 Å². The molecule has 0 aromatic rings. The largest absolute Gasteiger partial charge is 0.394 e. The topological polar surface area (TPSA) is 58.9 Å². The Morgan fingerprint density at radius 1 is 1.07 bits per heavy atom. The molecule has 0 aromatic heterocycles. The summed E-state index contributed by atoms with van der Waals surface area (Å²) in [5, 5.41) is 17.8. The zero-order valence-electron chi connectivity index (χ0n) is 9.98. The van der Waals surface area contributed by atoms with Gasteiger partial charge in [0, 0.05) is 0 Å². The van der Waals surface area contributed by atoms with Gasteiger partial charge in [0.15, 0.2) is 0 Å². The summed E-state index contributed by atoms with van der Waals surface area (Å²) in [5.74, 6) is 0. The van der Waals surface area contributed by atoms with Crippen molar-refractivity contribution in [3.05, 3.63) is 0 Å². The van der Waals surface area contributed by atoms with E-state index in [1.54, 1.807) is 0 Å². The van der Waals surface area contributed by atoms with Crippen molar-refractivity contribution >= 4 is 0 Å². The van der Waals surface area contributed by atoms with Gasteiger partial charge in [0.1, 0.15) is 0 Å². The van der Waals surface area contributed by atoms with Crippen molar-refractivity contribution in [1.29, 1.82) is 0 Å². The van der Waals surface area contributed by atoms with E-state index in [0.29, 0.717) is 6.61 Å². The average molecular weight is 220 g/mol. The second kappa shape index (κ2) is 9.09. The molecule has 0 saturated carbocycles. The molecule has 0 aliphatic carbocycles. The van der Waals surface area contributed by atoms with Gasteiger partial charge in [-0.15, -0.1) is 0 Å². The first-order valence-corrected chi connectivity index (χ1v) is 5.62. The predicted molar refractivity (Wildman–Crippen MR) is 58.8 cm³/mol. The summed E-state index contributed by atoms with van der Waals surface area (Å²) in [5.41, 5.74) is 0. The van der Waals surface area contributed by atoms with Crippen molar-refractivity contribution in [1.82, 2.24) is 0 Å². The fourth-order valence-electron chi connectivity index (χ4n) is 1.24. The van der Waals surface area contributed by atoms with E-state index in [0.717, 1.165) is 12.8 Å². The van der Waals surface area contributed by atoms with Crippen LogP contribution in [0.3, 0.4) is 0 Å². The second-order valence-corrected chi connectivity index (χ2v) is 3.87. The maximum absolute atomic E-state index is 9.02. The summed E-state index contributed by atoms with van der Waals surface area (Å²) in [7, 11) is 0. The van der Waals surface area contributed by atoms with Crippen molar-refractivity contribution in [3.8, 4) is 0 Å². The van der Waals surface area contributed by atoms with Gasteiger partial charge in [0.25, 0.3) is 0 Å². The summed E-state index contributed by atoms with van der Waals surface area (Å²) < 4.78 is 10.9. The first-order chi connectivity index (χ1) is 7.13. The molecule has 0 radical (unpaired) electrons. The highest BCUT2D eigenvalue weighted by atomic mass is 16.5. The van der Waals surface area contributed by atoms with Crippen molar-refractivity contribution in [2.45, 2.75) is 51.9 Å². The van der Waals surface area contributed by atoms with Gasteiger partial charge >= 0.3 is 0 Å². The number of aliphatic hydroxyl groups is 2. The van der Waals surface area contributed by atoms with Crippen molar-refractivity contribution in [3.63, 3.8) is 0 Å². The fourth-order valence-corrected chi connectivity index (χ4v) is 1.24. The third-order valence-electron chi connectivity index (χ3n) is 2.11. The van der Waals surface area contributed by atoms with Crippen molar-refractivity contribution in [2.75, 3.05) is 19.8 Å². The highest BCUT2D eigenvalue weighted by molar-refractivity contribution is 4.59. The van der Waals surface area contributed by atoms with Gasteiger partial charge in [-0.3, -0.25) is 0 Å². The average Bonchev–Trinajstić information content (AvgIpc) is 2.25. The Kier molecular flexibility index (Phi) is 9.00. The highest BCUT2D eigenvalue weighted by Gasteiger charge is 2.12. The van der Waals surface area contributed by atoms with Gasteiger partial charge in [-0.25, -0.2) is 0 Å². The van der Waals surface area contributed by atoms with Crippen LogP contribution in [0.15, 0.2) is 0 Å². The van der Waals surface area contributed by atoms with Crippen LogP contribution in [0.2, 0.25) is 0 Å². The molecule has 4 nitrogen and oxygen atoms in total. The standard InChI is InChI=1S/C11H24O4/c1-4-5-11(7-13)15-10(3)8-14-9(2)6-12/h9-13H,4-8H2,1-3H3. The number of hydrogen-bond donors (Lipinski definition) is 2. The van der Waals surface area contributed by atoms with E-state index in [9.17, 15) is 0 Å².